The van der Waals surface area contributed by atoms with E-state index >= 15 is 0 Å². The number of carbonyl (C=O) groups is 1. The van der Waals surface area contributed by atoms with Gasteiger partial charge in [0.15, 0.2) is 0 Å². The Bertz CT molecular complexity index is 583. The minimum Gasteiger partial charge on any atom is -0.465 e. The van der Waals surface area contributed by atoms with Crippen molar-refractivity contribution in [3.8, 4) is 0 Å². The van der Waals surface area contributed by atoms with Crippen LogP contribution in [0.25, 0.3) is 11.0 Å². The lowest BCUT2D eigenvalue weighted by atomic mass is 10.2. The first kappa shape index (κ1) is 12.4. The lowest BCUT2D eigenvalue weighted by molar-refractivity contribution is 0.0101. The van der Waals surface area contributed by atoms with Crippen LogP contribution in [0.1, 0.15) is 16.7 Å². The van der Waals surface area contributed by atoms with Gasteiger partial charge in [-0.2, -0.15) is 0 Å². The van der Waals surface area contributed by atoms with Gasteiger partial charge in [-0.15, -0.1) is 0 Å². The van der Waals surface area contributed by atoms with Crippen molar-refractivity contribution in [2.75, 3.05) is 7.11 Å². The predicted octanol–water partition coefficient (Wildman–Crippen LogP) is 2.56. The molecule has 18 heavy (non-hydrogen) atoms. The van der Waals surface area contributed by atoms with E-state index in [1.165, 1.54) is 18.2 Å². The summed E-state index contributed by atoms with van der Waals surface area (Å²) in [5.41, 5.74) is 0.245. The van der Waals surface area contributed by atoms with Crippen molar-refractivity contribution in [3.63, 3.8) is 0 Å². The molecule has 0 spiro atoms. The van der Waals surface area contributed by atoms with E-state index in [4.69, 9.17) is 0 Å². The third-order valence-corrected chi connectivity index (χ3v) is 2.47. The molecule has 7 heteroatoms. The van der Waals surface area contributed by atoms with Crippen LogP contribution in [0.3, 0.4) is 0 Å². The average Bonchev–Trinajstić information content (AvgIpc) is 2.80. The molecule has 2 rings (SSSR count). The zero-order valence-corrected chi connectivity index (χ0v) is 9.31. The Kier molecular flexibility index (Phi) is 3.22. The molecule has 1 aromatic carbocycles. The van der Waals surface area contributed by atoms with Gasteiger partial charge < -0.3 is 4.74 Å². The zero-order chi connectivity index (χ0) is 13.3. The van der Waals surface area contributed by atoms with Crippen molar-refractivity contribution in [3.05, 3.63) is 30.1 Å². The smallest absolute Gasteiger partial charge is 0.340 e. The topological polar surface area (TPSA) is 44.1 Å². The number of esters is 1. The molecule has 0 radical (unpaired) electrons. The highest BCUT2D eigenvalue weighted by Gasteiger charge is 2.25. The summed E-state index contributed by atoms with van der Waals surface area (Å²) in [5, 5.41) is 0. The molecular weight excluding hydrogens is 249 g/mol. The van der Waals surface area contributed by atoms with Crippen LogP contribution in [0.15, 0.2) is 24.5 Å². The van der Waals surface area contributed by atoms with E-state index in [-0.39, 0.29) is 16.6 Å². The number of hydrogen-bond donors (Lipinski definition) is 0. The standard InChI is InChI=1S/C11H9F3N2O2/c1-18-11(17)6-3-2-4-7-8(6)16(5-15-7)10(14)9(12)13/h2-5,9-10H,1H3. The highest BCUT2D eigenvalue weighted by Crippen LogP contribution is 2.26. The van der Waals surface area contributed by atoms with Crippen molar-refractivity contribution in [1.29, 1.82) is 0 Å². The van der Waals surface area contributed by atoms with Gasteiger partial charge in [0.05, 0.1) is 30.0 Å². The molecular formula is C11H9F3N2O2. The summed E-state index contributed by atoms with van der Waals surface area (Å²) in [6, 6.07) is 4.38. The van der Waals surface area contributed by atoms with E-state index in [1.807, 2.05) is 0 Å². The fraction of sp³-hybridized carbons (Fsp3) is 0.273. The number of imidazole rings is 1. The van der Waals surface area contributed by atoms with Crippen molar-refractivity contribution in [2.24, 2.45) is 0 Å². The Labute approximate surface area is 100.0 Å². The highest BCUT2D eigenvalue weighted by atomic mass is 19.3. The van der Waals surface area contributed by atoms with Crippen molar-refractivity contribution in [1.82, 2.24) is 9.55 Å². The zero-order valence-electron chi connectivity index (χ0n) is 9.31. The van der Waals surface area contributed by atoms with Crippen LogP contribution in [0.4, 0.5) is 13.2 Å². The minimum absolute atomic E-state index is 0.00264. The highest BCUT2D eigenvalue weighted by molar-refractivity contribution is 6.02. The van der Waals surface area contributed by atoms with E-state index in [2.05, 4.69) is 9.72 Å². The van der Waals surface area contributed by atoms with E-state index in [0.29, 0.717) is 4.57 Å². The van der Waals surface area contributed by atoms with Crippen LogP contribution in [0, 0.1) is 0 Å². The first-order valence-corrected chi connectivity index (χ1v) is 5.02. The maximum absolute atomic E-state index is 13.4. The summed E-state index contributed by atoms with van der Waals surface area (Å²) in [6.07, 6.45) is -4.82. The number of methoxy groups -OCH3 is 1. The van der Waals surface area contributed by atoms with Crippen LogP contribution >= 0.6 is 0 Å². The Morgan fingerprint density at radius 1 is 1.39 bits per heavy atom. The maximum atomic E-state index is 13.4. The first-order valence-electron chi connectivity index (χ1n) is 5.02. The second-order valence-corrected chi connectivity index (χ2v) is 3.52. The number of benzene rings is 1. The Morgan fingerprint density at radius 3 is 2.72 bits per heavy atom. The molecule has 0 saturated carbocycles. The van der Waals surface area contributed by atoms with E-state index < -0.39 is 18.7 Å². The summed E-state index contributed by atoms with van der Waals surface area (Å²) in [4.78, 5) is 15.3. The molecule has 4 nitrogen and oxygen atoms in total. The number of para-hydroxylation sites is 1. The molecule has 0 N–H and O–H groups in total. The quantitative estimate of drug-likeness (QED) is 0.795. The molecule has 2 aromatic rings. The number of fused-ring (bicyclic) bond motifs is 1. The van der Waals surface area contributed by atoms with Crippen molar-refractivity contribution >= 4 is 17.0 Å². The summed E-state index contributed by atoms with van der Waals surface area (Å²) in [7, 11) is 1.15. The van der Waals surface area contributed by atoms with Gasteiger partial charge in [0.2, 0.25) is 6.30 Å². The van der Waals surface area contributed by atoms with Gasteiger partial charge in [0.25, 0.3) is 6.43 Å². The number of rotatable bonds is 3. The monoisotopic (exact) mass is 258 g/mol. The van der Waals surface area contributed by atoms with Crippen LogP contribution in [-0.2, 0) is 4.74 Å². The summed E-state index contributed by atoms with van der Waals surface area (Å²) in [6.45, 7) is 0. The number of alkyl halides is 3. The Hall–Kier alpha value is -2.05. The molecule has 0 aliphatic carbocycles. The third kappa shape index (κ3) is 1.92. The molecule has 0 saturated heterocycles. The average molecular weight is 258 g/mol. The molecule has 1 aromatic heterocycles. The van der Waals surface area contributed by atoms with Crippen LogP contribution in [-0.4, -0.2) is 29.1 Å². The van der Waals surface area contributed by atoms with Crippen molar-refractivity contribution in [2.45, 2.75) is 12.7 Å². The number of hydrogen-bond acceptors (Lipinski definition) is 3. The van der Waals surface area contributed by atoms with Crippen LogP contribution in [0.5, 0.6) is 0 Å². The summed E-state index contributed by atoms with van der Waals surface area (Å²) < 4.78 is 43.3. The normalized spacial score (nSPS) is 12.9. The molecule has 0 aliphatic heterocycles. The lowest BCUT2D eigenvalue weighted by Crippen LogP contribution is -2.13. The third-order valence-electron chi connectivity index (χ3n) is 2.47. The molecule has 0 aliphatic rings. The fourth-order valence-electron chi connectivity index (χ4n) is 1.67. The number of nitrogens with zero attached hydrogens (tertiary/aromatic N) is 2. The molecule has 1 unspecified atom stereocenters. The SMILES string of the molecule is COC(=O)c1cccc2ncn(C(F)C(F)F)c12. The van der Waals surface area contributed by atoms with Gasteiger partial charge >= 0.3 is 5.97 Å². The molecule has 0 fully saturated rings. The number of carbonyl (C=O) groups excluding carboxylic acids is 1. The van der Waals surface area contributed by atoms with Gasteiger partial charge in [-0.3, -0.25) is 4.57 Å². The molecule has 96 valence electrons. The second kappa shape index (κ2) is 4.67. The van der Waals surface area contributed by atoms with E-state index in [9.17, 15) is 18.0 Å². The van der Waals surface area contributed by atoms with Gasteiger partial charge in [0.1, 0.15) is 0 Å². The van der Waals surface area contributed by atoms with Gasteiger partial charge in [-0.1, -0.05) is 6.07 Å². The van der Waals surface area contributed by atoms with Crippen LogP contribution < -0.4 is 0 Å². The second-order valence-electron chi connectivity index (χ2n) is 3.52. The Balaban J connectivity index is 2.66. The molecule has 1 atom stereocenters. The Morgan fingerprint density at radius 2 is 2.11 bits per heavy atom. The summed E-state index contributed by atoms with van der Waals surface area (Å²) in [5.74, 6) is -0.733. The predicted molar refractivity (Wildman–Crippen MR) is 57.2 cm³/mol. The van der Waals surface area contributed by atoms with E-state index in [1.54, 1.807) is 0 Å². The lowest BCUT2D eigenvalue weighted by Gasteiger charge is -2.11. The molecule has 1 heterocycles. The fourth-order valence-corrected chi connectivity index (χ4v) is 1.67. The molecule has 0 amide bonds. The van der Waals surface area contributed by atoms with Gasteiger partial charge in [0, 0.05) is 0 Å². The maximum Gasteiger partial charge on any atom is 0.340 e. The van der Waals surface area contributed by atoms with Gasteiger partial charge in [-0.05, 0) is 12.1 Å². The summed E-state index contributed by atoms with van der Waals surface area (Å²) >= 11 is 0. The van der Waals surface area contributed by atoms with Crippen LogP contribution in [0.2, 0.25) is 0 Å². The minimum atomic E-state index is -3.20. The largest absolute Gasteiger partial charge is 0.465 e. The van der Waals surface area contributed by atoms with E-state index in [0.717, 1.165) is 13.4 Å². The number of halogens is 3. The first-order chi connectivity index (χ1) is 8.56. The number of aromatic nitrogens is 2. The van der Waals surface area contributed by atoms with Gasteiger partial charge in [-0.25, -0.2) is 22.9 Å². The van der Waals surface area contributed by atoms with Crippen molar-refractivity contribution < 1.29 is 22.7 Å². The number of ether oxygens (including phenoxy) is 1. The molecule has 0 bridgehead atoms.